The molecule has 0 amide bonds. The number of allylic oxidation sites excluding steroid dienone is 2. The van der Waals surface area contributed by atoms with Gasteiger partial charge in [0.05, 0.1) is 12.6 Å². The van der Waals surface area contributed by atoms with Crippen molar-refractivity contribution in [2.24, 2.45) is 5.41 Å². The Bertz CT molecular complexity index is 1230. The van der Waals surface area contributed by atoms with E-state index in [2.05, 4.69) is 35.0 Å². The van der Waals surface area contributed by atoms with Crippen LogP contribution in [0.15, 0.2) is 47.7 Å². The van der Waals surface area contributed by atoms with Gasteiger partial charge >= 0.3 is 0 Å². The Balaban J connectivity index is 1.56. The van der Waals surface area contributed by atoms with Crippen LogP contribution in [0, 0.1) is 5.41 Å². The van der Waals surface area contributed by atoms with Crippen molar-refractivity contribution in [1.29, 1.82) is 0 Å². The molecule has 1 aromatic carbocycles. The summed E-state index contributed by atoms with van der Waals surface area (Å²) in [6.45, 7) is 4.39. The average molecular weight is 418 g/mol. The van der Waals surface area contributed by atoms with Crippen LogP contribution in [0.1, 0.15) is 44.4 Å². The van der Waals surface area contributed by atoms with Crippen molar-refractivity contribution in [2.75, 3.05) is 7.11 Å². The number of Topliss-reactive ketones (excluding diaryl/α,β-unsaturated/α-hetero) is 1. The summed E-state index contributed by atoms with van der Waals surface area (Å²) < 4.78 is 6.65. The molecule has 0 N–H and O–H groups in total. The first-order valence-electron chi connectivity index (χ1n) is 10.4. The fourth-order valence-corrected chi connectivity index (χ4v) is 3.84. The average Bonchev–Trinajstić information content (AvgIpc) is 2.75. The molecule has 31 heavy (non-hydrogen) atoms. The van der Waals surface area contributed by atoms with Crippen LogP contribution in [0.2, 0.25) is 0 Å². The molecule has 3 aromatic rings. The van der Waals surface area contributed by atoms with E-state index in [4.69, 9.17) is 4.74 Å². The van der Waals surface area contributed by atoms with Gasteiger partial charge in [0.25, 0.3) is 5.56 Å². The Hall–Kier alpha value is -3.35. The lowest BCUT2D eigenvalue weighted by atomic mass is 9.78. The minimum Gasteiger partial charge on any atom is -0.494 e. The van der Waals surface area contributed by atoms with Crippen LogP contribution < -0.4 is 10.3 Å². The van der Waals surface area contributed by atoms with Crippen molar-refractivity contribution in [2.45, 2.75) is 46.1 Å². The lowest BCUT2D eigenvalue weighted by Gasteiger charge is -2.28. The van der Waals surface area contributed by atoms with Gasteiger partial charge in [0.2, 0.25) is 0 Å². The Labute approximate surface area is 180 Å². The zero-order chi connectivity index (χ0) is 22.0. The van der Waals surface area contributed by atoms with Crippen LogP contribution in [0.5, 0.6) is 5.75 Å². The number of ketones is 1. The lowest BCUT2D eigenvalue weighted by Crippen LogP contribution is -2.28. The van der Waals surface area contributed by atoms with Crippen molar-refractivity contribution >= 4 is 22.3 Å². The van der Waals surface area contributed by atoms with E-state index in [-0.39, 0.29) is 29.7 Å². The minimum absolute atomic E-state index is 0.0869. The number of ether oxygens (including phenoxy) is 1. The fraction of sp³-hybridized carbons (Fsp3) is 0.375. The SMILES string of the molecule is COc1cc(=O)n(CC(=O)Cc2ccc3cncnc3c2)nc1C1=CCC(C)(C)CC1. The predicted octanol–water partition coefficient (Wildman–Crippen LogP) is 3.60. The molecular formula is C24H26N4O3. The van der Waals surface area contributed by atoms with Gasteiger partial charge in [-0.15, -0.1) is 0 Å². The summed E-state index contributed by atoms with van der Waals surface area (Å²) in [5.41, 5.74) is 3.24. The maximum atomic E-state index is 12.7. The summed E-state index contributed by atoms with van der Waals surface area (Å²) in [4.78, 5) is 33.5. The van der Waals surface area contributed by atoms with E-state index in [1.807, 2.05) is 18.2 Å². The summed E-state index contributed by atoms with van der Waals surface area (Å²) in [6, 6.07) is 7.07. The first-order chi connectivity index (χ1) is 14.8. The highest BCUT2D eigenvalue weighted by atomic mass is 16.5. The Morgan fingerprint density at radius 1 is 1.26 bits per heavy atom. The standard InChI is InChI=1S/C24H26N4O3/c1-24(2)8-6-17(7-9-24)23-21(31-3)12-22(30)28(27-23)14-19(29)10-16-4-5-18-13-25-15-26-20(18)11-16/h4-6,11-13,15H,7-10,14H2,1-3H3. The van der Waals surface area contributed by atoms with Crippen LogP contribution in [-0.4, -0.2) is 32.6 Å². The maximum Gasteiger partial charge on any atom is 0.270 e. The molecule has 0 aliphatic heterocycles. The van der Waals surface area contributed by atoms with Gasteiger partial charge in [0.1, 0.15) is 18.6 Å². The summed E-state index contributed by atoms with van der Waals surface area (Å²) in [5.74, 6) is 0.353. The molecule has 160 valence electrons. The molecule has 7 nitrogen and oxygen atoms in total. The molecule has 2 heterocycles. The van der Waals surface area contributed by atoms with Gasteiger partial charge in [-0.3, -0.25) is 9.59 Å². The zero-order valence-corrected chi connectivity index (χ0v) is 18.1. The molecule has 2 aromatic heterocycles. The molecule has 0 bridgehead atoms. The van der Waals surface area contributed by atoms with Crippen LogP contribution in [0.25, 0.3) is 16.5 Å². The molecule has 0 atom stereocenters. The van der Waals surface area contributed by atoms with Gasteiger partial charge in [-0.25, -0.2) is 14.6 Å². The number of carbonyl (C=O) groups excluding carboxylic acids is 1. The van der Waals surface area contributed by atoms with Crippen molar-refractivity contribution in [3.05, 3.63) is 64.5 Å². The van der Waals surface area contributed by atoms with Crippen molar-refractivity contribution in [1.82, 2.24) is 19.7 Å². The second-order valence-corrected chi connectivity index (χ2v) is 8.79. The number of hydrogen-bond acceptors (Lipinski definition) is 6. The van der Waals surface area contributed by atoms with Crippen LogP contribution >= 0.6 is 0 Å². The van der Waals surface area contributed by atoms with Crippen LogP contribution in [0.3, 0.4) is 0 Å². The maximum absolute atomic E-state index is 12.7. The summed E-state index contributed by atoms with van der Waals surface area (Å²) in [6.07, 6.45) is 8.43. The molecule has 0 unspecified atom stereocenters. The normalized spacial score (nSPS) is 15.5. The fourth-order valence-electron chi connectivity index (χ4n) is 3.84. The first kappa shape index (κ1) is 20.9. The summed E-state index contributed by atoms with van der Waals surface area (Å²) in [5, 5.41) is 5.43. The second kappa shape index (κ2) is 8.41. The smallest absolute Gasteiger partial charge is 0.270 e. The van der Waals surface area contributed by atoms with Crippen molar-refractivity contribution in [3.63, 3.8) is 0 Å². The third kappa shape index (κ3) is 4.71. The molecule has 0 saturated heterocycles. The van der Waals surface area contributed by atoms with Gasteiger partial charge in [-0.2, -0.15) is 5.10 Å². The number of carbonyl (C=O) groups is 1. The van der Waals surface area contributed by atoms with Crippen LogP contribution in [0.4, 0.5) is 0 Å². The highest BCUT2D eigenvalue weighted by Gasteiger charge is 2.25. The van der Waals surface area contributed by atoms with E-state index >= 15 is 0 Å². The third-order valence-corrected chi connectivity index (χ3v) is 5.76. The number of benzene rings is 1. The molecule has 0 radical (unpaired) electrons. The van der Waals surface area contributed by atoms with E-state index in [9.17, 15) is 9.59 Å². The highest BCUT2D eigenvalue weighted by molar-refractivity contribution is 5.83. The molecule has 4 rings (SSSR count). The Kier molecular flexibility index (Phi) is 5.67. The number of rotatable bonds is 6. The Morgan fingerprint density at radius 3 is 2.84 bits per heavy atom. The molecule has 0 saturated carbocycles. The predicted molar refractivity (Wildman–Crippen MR) is 119 cm³/mol. The number of hydrogen-bond donors (Lipinski definition) is 0. The van der Waals surface area contributed by atoms with E-state index in [0.29, 0.717) is 11.4 Å². The molecule has 1 aliphatic carbocycles. The van der Waals surface area contributed by atoms with Gasteiger partial charge in [-0.1, -0.05) is 32.1 Å². The van der Waals surface area contributed by atoms with Gasteiger partial charge in [0.15, 0.2) is 11.5 Å². The third-order valence-electron chi connectivity index (χ3n) is 5.76. The molecule has 1 aliphatic rings. The quantitative estimate of drug-likeness (QED) is 0.608. The number of aromatic nitrogens is 4. The summed E-state index contributed by atoms with van der Waals surface area (Å²) >= 11 is 0. The van der Waals surface area contributed by atoms with Crippen molar-refractivity contribution < 1.29 is 9.53 Å². The minimum atomic E-state index is -0.350. The number of fused-ring (bicyclic) bond motifs is 1. The molecule has 7 heteroatoms. The van der Waals surface area contributed by atoms with Crippen molar-refractivity contribution in [3.8, 4) is 5.75 Å². The topological polar surface area (TPSA) is 87.0 Å². The molecule has 0 fully saturated rings. The number of methoxy groups -OCH3 is 1. The zero-order valence-electron chi connectivity index (χ0n) is 18.1. The first-order valence-corrected chi connectivity index (χ1v) is 10.4. The van der Waals surface area contributed by atoms with Crippen LogP contribution in [-0.2, 0) is 17.8 Å². The largest absolute Gasteiger partial charge is 0.494 e. The van der Waals surface area contributed by atoms with Gasteiger partial charge < -0.3 is 4.74 Å². The summed E-state index contributed by atoms with van der Waals surface area (Å²) in [7, 11) is 1.53. The second-order valence-electron chi connectivity index (χ2n) is 8.79. The van der Waals surface area contributed by atoms with E-state index in [1.165, 1.54) is 24.2 Å². The van der Waals surface area contributed by atoms with Gasteiger partial charge in [-0.05, 0) is 41.9 Å². The molecule has 0 spiro atoms. The lowest BCUT2D eigenvalue weighted by molar-refractivity contribution is -0.119. The van der Waals surface area contributed by atoms with E-state index in [1.54, 1.807) is 6.20 Å². The Morgan fingerprint density at radius 2 is 2.10 bits per heavy atom. The van der Waals surface area contributed by atoms with Gasteiger partial charge in [0, 0.05) is 24.1 Å². The highest BCUT2D eigenvalue weighted by Crippen LogP contribution is 2.39. The van der Waals surface area contributed by atoms with E-state index < -0.39 is 0 Å². The molecular weight excluding hydrogens is 392 g/mol. The monoisotopic (exact) mass is 418 g/mol. The van der Waals surface area contributed by atoms with E-state index in [0.717, 1.165) is 41.3 Å². The number of nitrogens with zero attached hydrogens (tertiary/aromatic N) is 4.